The van der Waals surface area contributed by atoms with Gasteiger partial charge < -0.3 is 15.7 Å². The molecule has 2 atom stereocenters. The highest BCUT2D eigenvalue weighted by Gasteiger charge is 2.23. The smallest absolute Gasteiger partial charge is 0.0718 e. The molecule has 0 radical (unpaired) electrons. The molecule has 1 saturated carbocycles. The van der Waals surface area contributed by atoms with Gasteiger partial charge in [0.2, 0.25) is 0 Å². The van der Waals surface area contributed by atoms with Crippen LogP contribution in [0.25, 0.3) is 0 Å². The second-order valence-corrected chi connectivity index (χ2v) is 6.07. The summed E-state index contributed by atoms with van der Waals surface area (Å²) in [5.74, 6) is 0.606. The van der Waals surface area contributed by atoms with Gasteiger partial charge in [0, 0.05) is 19.1 Å². The Morgan fingerprint density at radius 2 is 1.88 bits per heavy atom. The van der Waals surface area contributed by atoms with Crippen molar-refractivity contribution in [2.75, 3.05) is 20.1 Å². The first-order valence-electron chi connectivity index (χ1n) is 6.55. The topological polar surface area (TPSA) is 49.5 Å². The number of aliphatic hydroxyl groups is 1. The Morgan fingerprint density at radius 1 is 1.25 bits per heavy atom. The molecule has 0 aromatic rings. The Morgan fingerprint density at radius 3 is 2.50 bits per heavy atom. The summed E-state index contributed by atoms with van der Waals surface area (Å²) in [7, 11) is 2.08. The van der Waals surface area contributed by atoms with Crippen LogP contribution in [-0.2, 0) is 0 Å². The van der Waals surface area contributed by atoms with Gasteiger partial charge in [-0.3, -0.25) is 0 Å². The monoisotopic (exact) mass is 228 g/mol. The van der Waals surface area contributed by atoms with Crippen LogP contribution in [0.15, 0.2) is 0 Å². The third-order valence-corrected chi connectivity index (χ3v) is 3.42. The summed E-state index contributed by atoms with van der Waals surface area (Å²) >= 11 is 0. The summed E-state index contributed by atoms with van der Waals surface area (Å²) in [4.78, 5) is 2.22. The first-order valence-corrected chi connectivity index (χ1v) is 6.55. The molecule has 3 heteroatoms. The van der Waals surface area contributed by atoms with E-state index in [1.807, 2.05) is 13.8 Å². The van der Waals surface area contributed by atoms with Crippen LogP contribution in [0, 0.1) is 5.92 Å². The maximum absolute atomic E-state index is 9.77. The second-order valence-electron chi connectivity index (χ2n) is 6.07. The quantitative estimate of drug-likeness (QED) is 0.719. The van der Waals surface area contributed by atoms with E-state index in [1.165, 1.54) is 32.1 Å². The van der Waals surface area contributed by atoms with Crippen molar-refractivity contribution < 1.29 is 5.11 Å². The molecule has 1 fully saturated rings. The van der Waals surface area contributed by atoms with Crippen molar-refractivity contribution >= 4 is 0 Å². The first kappa shape index (κ1) is 13.9. The van der Waals surface area contributed by atoms with Crippen LogP contribution < -0.4 is 5.73 Å². The minimum atomic E-state index is -0.608. The fourth-order valence-electron chi connectivity index (χ4n) is 2.77. The Kier molecular flexibility index (Phi) is 5.22. The molecule has 16 heavy (non-hydrogen) atoms. The summed E-state index contributed by atoms with van der Waals surface area (Å²) in [5.41, 5.74) is 5.59. The number of hydrogen-bond donors (Lipinski definition) is 2. The molecule has 1 rings (SSSR count). The maximum Gasteiger partial charge on any atom is 0.0718 e. The Hall–Kier alpha value is -0.120. The van der Waals surface area contributed by atoms with Gasteiger partial charge in [0.15, 0.2) is 0 Å². The molecule has 0 spiro atoms. The van der Waals surface area contributed by atoms with Crippen molar-refractivity contribution in [1.29, 1.82) is 0 Å². The lowest BCUT2D eigenvalue weighted by Gasteiger charge is -2.30. The number of likely N-dealkylation sites (N-methyl/N-ethyl adjacent to an activating group) is 1. The SMILES string of the molecule is CN(CC1CCCCCC1N)CC(C)(C)O. The van der Waals surface area contributed by atoms with E-state index in [0.29, 0.717) is 12.0 Å². The lowest BCUT2D eigenvalue weighted by Crippen LogP contribution is -2.42. The number of nitrogens with two attached hydrogens (primary N) is 1. The van der Waals surface area contributed by atoms with Crippen LogP contribution in [0.3, 0.4) is 0 Å². The third-order valence-electron chi connectivity index (χ3n) is 3.42. The van der Waals surface area contributed by atoms with Gasteiger partial charge in [-0.25, -0.2) is 0 Å². The molecule has 1 aliphatic rings. The summed E-state index contributed by atoms with van der Waals surface area (Å²) in [5, 5.41) is 9.77. The number of hydrogen-bond acceptors (Lipinski definition) is 3. The predicted octanol–water partition coefficient (Wildman–Crippen LogP) is 1.60. The van der Waals surface area contributed by atoms with Crippen molar-refractivity contribution in [3.63, 3.8) is 0 Å². The van der Waals surface area contributed by atoms with Crippen LogP contribution in [0.4, 0.5) is 0 Å². The van der Waals surface area contributed by atoms with Crippen LogP contribution in [-0.4, -0.2) is 41.8 Å². The van der Waals surface area contributed by atoms with Crippen molar-refractivity contribution in [3.8, 4) is 0 Å². The molecule has 0 aromatic carbocycles. The van der Waals surface area contributed by atoms with E-state index in [-0.39, 0.29) is 0 Å². The Bertz CT molecular complexity index is 201. The second kappa shape index (κ2) is 5.99. The molecule has 0 saturated heterocycles. The molecule has 0 aromatic heterocycles. The van der Waals surface area contributed by atoms with Crippen molar-refractivity contribution in [2.45, 2.75) is 57.6 Å². The van der Waals surface area contributed by atoms with E-state index in [0.717, 1.165) is 13.1 Å². The lowest BCUT2D eigenvalue weighted by atomic mass is 9.94. The molecule has 3 nitrogen and oxygen atoms in total. The van der Waals surface area contributed by atoms with E-state index in [1.54, 1.807) is 0 Å². The standard InChI is InChI=1S/C13H28N2O/c1-13(2,16)10-15(3)9-11-7-5-4-6-8-12(11)14/h11-12,16H,4-10,14H2,1-3H3. The third kappa shape index (κ3) is 5.28. The zero-order chi connectivity index (χ0) is 12.2. The van der Waals surface area contributed by atoms with Gasteiger partial charge in [-0.2, -0.15) is 0 Å². The Labute approximate surface area is 100 Å². The minimum Gasteiger partial charge on any atom is -0.389 e. The minimum absolute atomic E-state index is 0.353. The molecule has 3 N–H and O–H groups in total. The molecule has 0 amide bonds. The van der Waals surface area contributed by atoms with Gasteiger partial charge in [-0.15, -0.1) is 0 Å². The summed E-state index contributed by atoms with van der Waals surface area (Å²) < 4.78 is 0. The largest absolute Gasteiger partial charge is 0.389 e. The van der Waals surface area contributed by atoms with Crippen LogP contribution in [0.5, 0.6) is 0 Å². The van der Waals surface area contributed by atoms with Crippen LogP contribution in [0.2, 0.25) is 0 Å². The molecule has 2 unspecified atom stereocenters. The van der Waals surface area contributed by atoms with E-state index < -0.39 is 5.60 Å². The zero-order valence-electron chi connectivity index (χ0n) is 11.1. The van der Waals surface area contributed by atoms with Gasteiger partial charge in [0.1, 0.15) is 0 Å². The average molecular weight is 228 g/mol. The average Bonchev–Trinajstić information content (AvgIpc) is 2.29. The predicted molar refractivity (Wildman–Crippen MR) is 68.3 cm³/mol. The van der Waals surface area contributed by atoms with E-state index in [9.17, 15) is 5.11 Å². The normalized spacial score (nSPS) is 28.1. The van der Waals surface area contributed by atoms with Gasteiger partial charge in [-0.1, -0.05) is 19.3 Å². The van der Waals surface area contributed by atoms with Crippen LogP contribution in [0.1, 0.15) is 46.0 Å². The number of rotatable bonds is 4. The zero-order valence-corrected chi connectivity index (χ0v) is 11.1. The van der Waals surface area contributed by atoms with Gasteiger partial charge in [-0.05, 0) is 39.7 Å². The molecule has 96 valence electrons. The van der Waals surface area contributed by atoms with E-state index in [2.05, 4.69) is 11.9 Å². The van der Waals surface area contributed by atoms with Gasteiger partial charge in [0.05, 0.1) is 5.60 Å². The number of nitrogens with zero attached hydrogens (tertiary/aromatic N) is 1. The molecule has 0 aliphatic heterocycles. The Balaban J connectivity index is 2.39. The summed E-state index contributed by atoms with van der Waals surface area (Å²) in [6.45, 7) is 5.45. The van der Waals surface area contributed by atoms with Crippen LogP contribution >= 0.6 is 0 Å². The molecule has 1 aliphatic carbocycles. The molecular weight excluding hydrogens is 200 g/mol. The fraction of sp³-hybridized carbons (Fsp3) is 1.00. The highest BCUT2D eigenvalue weighted by atomic mass is 16.3. The van der Waals surface area contributed by atoms with Gasteiger partial charge in [0.25, 0.3) is 0 Å². The van der Waals surface area contributed by atoms with Crippen molar-refractivity contribution in [3.05, 3.63) is 0 Å². The van der Waals surface area contributed by atoms with E-state index >= 15 is 0 Å². The molecule has 0 bridgehead atoms. The highest BCUT2D eigenvalue weighted by Crippen LogP contribution is 2.23. The maximum atomic E-state index is 9.77. The summed E-state index contributed by atoms with van der Waals surface area (Å²) in [6, 6.07) is 0.353. The first-order chi connectivity index (χ1) is 7.38. The lowest BCUT2D eigenvalue weighted by molar-refractivity contribution is 0.0385. The van der Waals surface area contributed by atoms with E-state index in [4.69, 9.17) is 5.73 Å². The van der Waals surface area contributed by atoms with Crippen molar-refractivity contribution in [1.82, 2.24) is 4.90 Å². The van der Waals surface area contributed by atoms with Crippen molar-refractivity contribution in [2.24, 2.45) is 11.7 Å². The highest BCUT2D eigenvalue weighted by molar-refractivity contribution is 4.80. The molecule has 0 heterocycles. The molecular formula is C13H28N2O. The summed E-state index contributed by atoms with van der Waals surface area (Å²) in [6.07, 6.45) is 6.35. The van der Waals surface area contributed by atoms with Gasteiger partial charge >= 0.3 is 0 Å². The fourth-order valence-corrected chi connectivity index (χ4v) is 2.77.